The maximum atomic E-state index is 10.4. The van der Waals surface area contributed by atoms with Gasteiger partial charge in [-0.2, -0.15) is 5.10 Å². The second-order valence-corrected chi connectivity index (χ2v) is 8.45. The third-order valence-corrected chi connectivity index (χ3v) is 6.13. The molecule has 4 aromatic rings. The van der Waals surface area contributed by atoms with Crippen LogP contribution in [0.5, 0.6) is 5.75 Å². The highest BCUT2D eigenvalue weighted by atomic mass is 16.5. The van der Waals surface area contributed by atoms with E-state index in [0.717, 1.165) is 58.0 Å². The van der Waals surface area contributed by atoms with Gasteiger partial charge in [0, 0.05) is 30.2 Å². The van der Waals surface area contributed by atoms with E-state index in [9.17, 15) is 5.11 Å². The van der Waals surface area contributed by atoms with Gasteiger partial charge in [0.25, 0.3) is 0 Å². The molecule has 1 aliphatic rings. The van der Waals surface area contributed by atoms with E-state index in [1.54, 1.807) is 18.0 Å². The molecule has 3 heterocycles. The van der Waals surface area contributed by atoms with E-state index >= 15 is 0 Å². The molecule has 0 spiro atoms. The van der Waals surface area contributed by atoms with E-state index in [-0.39, 0.29) is 6.04 Å². The first-order valence-electron chi connectivity index (χ1n) is 10.7. The van der Waals surface area contributed by atoms with Crippen molar-refractivity contribution in [2.75, 3.05) is 7.11 Å². The zero-order valence-corrected chi connectivity index (χ0v) is 18.3. The number of fused-ring (bicyclic) bond motifs is 1. The molecule has 2 atom stereocenters. The molecule has 7 heteroatoms. The first-order valence-corrected chi connectivity index (χ1v) is 10.7. The molecule has 1 aliphatic carbocycles. The van der Waals surface area contributed by atoms with Crippen molar-refractivity contribution in [2.24, 2.45) is 5.92 Å². The van der Waals surface area contributed by atoms with Crippen LogP contribution in [0.4, 0.5) is 0 Å². The van der Waals surface area contributed by atoms with Crippen molar-refractivity contribution >= 4 is 11.2 Å². The van der Waals surface area contributed by atoms with E-state index in [1.165, 1.54) is 0 Å². The first kappa shape index (κ1) is 19.8. The zero-order chi connectivity index (χ0) is 21.7. The molecule has 0 bridgehead atoms. The standard InChI is InChI=1S/C24H27N5O2/c1-14-13-28(23(16(3)30)17-6-7-17)24-21(14)27-22(15(2)26-24)19-9-8-18(12-20(19)31-4)29-11-5-10-25-29/h5,8-13,16-17,23,30H,6-7H2,1-4H3/t16-,23-/m1/s1. The van der Waals surface area contributed by atoms with Crippen molar-refractivity contribution in [2.45, 2.75) is 45.8 Å². The SMILES string of the molecule is COc1cc(-n2cccn2)ccc1-c1nc2c(C)cn([C@@H](C3CC3)[C@@H](C)O)c2nc1C. The van der Waals surface area contributed by atoms with Gasteiger partial charge in [-0.1, -0.05) is 0 Å². The Hall–Kier alpha value is -3.19. The van der Waals surface area contributed by atoms with Crippen molar-refractivity contribution < 1.29 is 9.84 Å². The van der Waals surface area contributed by atoms with Crippen molar-refractivity contribution in [3.05, 3.63) is 54.1 Å². The fourth-order valence-corrected chi connectivity index (χ4v) is 4.50. The molecule has 31 heavy (non-hydrogen) atoms. The molecule has 1 saturated carbocycles. The highest BCUT2D eigenvalue weighted by Gasteiger charge is 2.36. The summed E-state index contributed by atoms with van der Waals surface area (Å²) in [5, 5.41) is 14.7. The fourth-order valence-electron chi connectivity index (χ4n) is 4.50. The number of hydrogen-bond donors (Lipinski definition) is 1. The summed E-state index contributed by atoms with van der Waals surface area (Å²) in [5.74, 6) is 1.23. The van der Waals surface area contributed by atoms with Crippen LogP contribution in [0.15, 0.2) is 42.9 Å². The lowest BCUT2D eigenvalue weighted by Crippen LogP contribution is -2.23. The summed E-state index contributed by atoms with van der Waals surface area (Å²) >= 11 is 0. The molecule has 1 aromatic carbocycles. The lowest BCUT2D eigenvalue weighted by Gasteiger charge is -2.22. The van der Waals surface area contributed by atoms with Crippen LogP contribution in [0.2, 0.25) is 0 Å². The van der Waals surface area contributed by atoms with Crippen molar-refractivity contribution in [3.63, 3.8) is 0 Å². The lowest BCUT2D eigenvalue weighted by atomic mass is 10.1. The number of aromatic nitrogens is 5. The predicted octanol–water partition coefficient (Wildman–Crippen LogP) is 4.24. The number of aliphatic hydroxyl groups excluding tert-OH is 1. The third kappa shape index (κ3) is 3.39. The second-order valence-electron chi connectivity index (χ2n) is 8.45. The molecular weight excluding hydrogens is 390 g/mol. The van der Waals surface area contributed by atoms with Gasteiger partial charge in [-0.15, -0.1) is 0 Å². The van der Waals surface area contributed by atoms with Crippen LogP contribution in [-0.2, 0) is 0 Å². The van der Waals surface area contributed by atoms with Gasteiger partial charge >= 0.3 is 0 Å². The molecular formula is C24H27N5O2. The third-order valence-electron chi connectivity index (χ3n) is 6.13. The van der Waals surface area contributed by atoms with E-state index < -0.39 is 6.10 Å². The Labute approximate surface area is 181 Å². The van der Waals surface area contributed by atoms with Gasteiger partial charge in [-0.05, 0) is 63.3 Å². The average Bonchev–Trinajstić information content (AvgIpc) is 3.32. The Morgan fingerprint density at radius 1 is 1.19 bits per heavy atom. The highest BCUT2D eigenvalue weighted by Crippen LogP contribution is 2.43. The lowest BCUT2D eigenvalue weighted by molar-refractivity contribution is 0.119. The summed E-state index contributed by atoms with van der Waals surface area (Å²) in [5.41, 5.74) is 6.21. The quantitative estimate of drug-likeness (QED) is 0.508. The molecule has 0 aliphatic heterocycles. The predicted molar refractivity (Wildman–Crippen MR) is 120 cm³/mol. The van der Waals surface area contributed by atoms with E-state index in [0.29, 0.717) is 5.92 Å². The van der Waals surface area contributed by atoms with Gasteiger partial charge < -0.3 is 14.4 Å². The zero-order valence-electron chi connectivity index (χ0n) is 18.3. The average molecular weight is 418 g/mol. The van der Waals surface area contributed by atoms with Gasteiger partial charge in [0.2, 0.25) is 0 Å². The molecule has 3 aromatic heterocycles. The topological polar surface area (TPSA) is 78.0 Å². The monoisotopic (exact) mass is 417 g/mol. The Balaban J connectivity index is 1.63. The van der Waals surface area contributed by atoms with Crippen LogP contribution in [0.25, 0.3) is 28.1 Å². The normalized spacial score (nSPS) is 15.9. The second kappa shape index (κ2) is 7.50. The van der Waals surface area contributed by atoms with Crippen LogP contribution in [0.1, 0.15) is 37.1 Å². The molecule has 1 fully saturated rings. The fraction of sp³-hybridized carbons (Fsp3) is 0.375. The number of aryl methyl sites for hydroxylation is 2. The number of hydrogen-bond acceptors (Lipinski definition) is 5. The summed E-state index contributed by atoms with van der Waals surface area (Å²) in [7, 11) is 1.66. The molecule has 0 amide bonds. The van der Waals surface area contributed by atoms with Crippen LogP contribution < -0.4 is 4.74 Å². The summed E-state index contributed by atoms with van der Waals surface area (Å²) in [4.78, 5) is 9.97. The van der Waals surface area contributed by atoms with E-state index in [2.05, 4.69) is 22.8 Å². The van der Waals surface area contributed by atoms with Crippen LogP contribution in [0.3, 0.4) is 0 Å². The number of nitrogens with zero attached hydrogens (tertiary/aromatic N) is 5. The van der Waals surface area contributed by atoms with Crippen LogP contribution in [0, 0.1) is 19.8 Å². The smallest absolute Gasteiger partial charge is 0.159 e. The Morgan fingerprint density at radius 3 is 2.65 bits per heavy atom. The molecule has 0 radical (unpaired) electrons. The molecule has 1 N–H and O–H groups in total. The number of rotatable bonds is 6. The summed E-state index contributed by atoms with van der Waals surface area (Å²) < 4.78 is 9.63. The minimum atomic E-state index is -0.431. The minimum absolute atomic E-state index is 0.0404. The maximum Gasteiger partial charge on any atom is 0.159 e. The minimum Gasteiger partial charge on any atom is -0.496 e. The van der Waals surface area contributed by atoms with Gasteiger partial charge in [-0.3, -0.25) is 0 Å². The Kier molecular flexibility index (Phi) is 4.78. The largest absolute Gasteiger partial charge is 0.496 e. The Bertz CT molecular complexity index is 1240. The summed E-state index contributed by atoms with van der Waals surface area (Å²) in [6.07, 6.45) is 7.60. The number of ether oxygens (including phenoxy) is 1. The Morgan fingerprint density at radius 2 is 2.00 bits per heavy atom. The van der Waals surface area contributed by atoms with E-state index in [4.69, 9.17) is 14.7 Å². The van der Waals surface area contributed by atoms with Crippen LogP contribution in [-0.4, -0.2) is 42.6 Å². The van der Waals surface area contributed by atoms with Gasteiger partial charge in [-0.25, -0.2) is 14.6 Å². The summed E-state index contributed by atoms with van der Waals surface area (Å²) in [6, 6.07) is 7.90. The van der Waals surface area contributed by atoms with Crippen LogP contribution >= 0.6 is 0 Å². The molecule has 160 valence electrons. The van der Waals surface area contributed by atoms with E-state index in [1.807, 2.05) is 44.3 Å². The molecule has 0 unspecified atom stereocenters. The van der Waals surface area contributed by atoms with Crippen molar-refractivity contribution in [3.8, 4) is 22.7 Å². The summed E-state index contributed by atoms with van der Waals surface area (Å²) in [6.45, 7) is 5.89. The number of aliphatic hydroxyl groups is 1. The van der Waals surface area contributed by atoms with Gasteiger partial charge in [0.1, 0.15) is 11.3 Å². The molecule has 0 saturated heterocycles. The molecule has 5 rings (SSSR count). The number of benzene rings is 1. The number of methoxy groups -OCH3 is 1. The molecule has 7 nitrogen and oxygen atoms in total. The highest BCUT2D eigenvalue weighted by molar-refractivity contribution is 5.81. The first-order chi connectivity index (χ1) is 15.0. The van der Waals surface area contributed by atoms with Gasteiger partial charge in [0.05, 0.1) is 36.3 Å². The maximum absolute atomic E-state index is 10.4. The van der Waals surface area contributed by atoms with Gasteiger partial charge in [0.15, 0.2) is 5.65 Å². The van der Waals surface area contributed by atoms with Crippen molar-refractivity contribution in [1.82, 2.24) is 24.3 Å². The van der Waals surface area contributed by atoms with Crippen molar-refractivity contribution in [1.29, 1.82) is 0 Å².